The number of nitrogens with one attached hydrogen (secondary N) is 2. The third-order valence-corrected chi connectivity index (χ3v) is 5.43. The number of pyridine rings is 1. The number of aromatic amines is 1. The van der Waals surface area contributed by atoms with Crippen molar-refractivity contribution in [2.45, 2.75) is 40.0 Å². The molecule has 3 heterocycles. The van der Waals surface area contributed by atoms with Gasteiger partial charge >= 0.3 is 0 Å². The minimum atomic E-state index is -0.295. The number of anilines is 1. The van der Waals surface area contributed by atoms with E-state index in [1.165, 1.54) is 11.3 Å². The van der Waals surface area contributed by atoms with E-state index >= 15 is 0 Å². The first kappa shape index (κ1) is 20.9. The highest BCUT2D eigenvalue weighted by atomic mass is 32.1. The zero-order valence-electron chi connectivity index (χ0n) is 17.4. The summed E-state index contributed by atoms with van der Waals surface area (Å²) in [5.74, 6) is 0.737. The van der Waals surface area contributed by atoms with E-state index in [0.717, 1.165) is 27.9 Å². The average molecular weight is 439 g/mol. The van der Waals surface area contributed by atoms with Crippen molar-refractivity contribution in [3.8, 4) is 11.4 Å². The molecule has 0 aliphatic carbocycles. The topological polar surface area (TPSA) is 127 Å². The fourth-order valence-electron chi connectivity index (χ4n) is 3.08. The van der Waals surface area contributed by atoms with Gasteiger partial charge in [-0.05, 0) is 35.9 Å². The SMILES string of the molecule is Cc1ccc2cc(-c3noc(CCC(=O)Nc4nnc(CC(C)C)s4)n3)c(=O)[nH]c2c1. The molecule has 0 saturated heterocycles. The number of aryl methyl sites for hydroxylation is 2. The van der Waals surface area contributed by atoms with Crippen molar-refractivity contribution in [3.05, 3.63) is 51.1 Å². The van der Waals surface area contributed by atoms with E-state index in [-0.39, 0.29) is 36.0 Å². The molecule has 2 N–H and O–H groups in total. The van der Waals surface area contributed by atoms with Crippen molar-refractivity contribution in [2.75, 3.05) is 5.32 Å². The number of carbonyl (C=O) groups is 1. The molecule has 4 rings (SSSR count). The Bertz CT molecular complexity index is 1290. The Morgan fingerprint density at radius 2 is 2.10 bits per heavy atom. The number of fused-ring (bicyclic) bond motifs is 1. The number of hydrogen-bond donors (Lipinski definition) is 2. The van der Waals surface area contributed by atoms with Crippen LogP contribution in [0.15, 0.2) is 33.6 Å². The largest absolute Gasteiger partial charge is 0.339 e. The molecule has 0 saturated carbocycles. The van der Waals surface area contributed by atoms with Crippen molar-refractivity contribution in [1.82, 2.24) is 25.3 Å². The zero-order chi connectivity index (χ0) is 22.0. The molecule has 3 aromatic heterocycles. The molecular weight excluding hydrogens is 416 g/mol. The Morgan fingerprint density at radius 3 is 2.90 bits per heavy atom. The Labute approximate surface area is 181 Å². The first-order valence-electron chi connectivity index (χ1n) is 9.96. The Hall–Kier alpha value is -3.40. The normalized spacial score (nSPS) is 11.4. The number of nitrogens with zero attached hydrogens (tertiary/aromatic N) is 4. The van der Waals surface area contributed by atoms with Crippen LogP contribution >= 0.6 is 11.3 Å². The molecular formula is C21H22N6O3S. The lowest BCUT2D eigenvalue weighted by molar-refractivity contribution is -0.116. The number of rotatable bonds is 7. The summed E-state index contributed by atoms with van der Waals surface area (Å²) in [6.07, 6.45) is 1.22. The maximum Gasteiger partial charge on any atom is 0.259 e. The van der Waals surface area contributed by atoms with Gasteiger partial charge in [-0.3, -0.25) is 9.59 Å². The van der Waals surface area contributed by atoms with Crippen molar-refractivity contribution in [1.29, 1.82) is 0 Å². The maximum absolute atomic E-state index is 12.4. The summed E-state index contributed by atoms with van der Waals surface area (Å²) < 4.78 is 5.23. The molecule has 10 heteroatoms. The van der Waals surface area contributed by atoms with Gasteiger partial charge in [0.15, 0.2) is 0 Å². The van der Waals surface area contributed by atoms with Crippen LogP contribution in [-0.2, 0) is 17.6 Å². The molecule has 0 spiro atoms. The highest BCUT2D eigenvalue weighted by Gasteiger charge is 2.15. The smallest absolute Gasteiger partial charge is 0.259 e. The van der Waals surface area contributed by atoms with Crippen LogP contribution in [0.4, 0.5) is 5.13 Å². The number of aromatic nitrogens is 5. The minimum Gasteiger partial charge on any atom is -0.339 e. The van der Waals surface area contributed by atoms with Gasteiger partial charge < -0.3 is 14.8 Å². The molecule has 31 heavy (non-hydrogen) atoms. The van der Waals surface area contributed by atoms with Crippen LogP contribution in [0.2, 0.25) is 0 Å². The third-order valence-electron chi connectivity index (χ3n) is 4.57. The van der Waals surface area contributed by atoms with Gasteiger partial charge in [0.05, 0.1) is 5.56 Å². The van der Waals surface area contributed by atoms with E-state index in [2.05, 4.69) is 44.5 Å². The van der Waals surface area contributed by atoms with Gasteiger partial charge in [-0.15, -0.1) is 10.2 Å². The average Bonchev–Trinajstić information content (AvgIpc) is 3.35. The molecule has 0 unspecified atom stereocenters. The molecule has 0 fully saturated rings. The van der Waals surface area contributed by atoms with E-state index in [1.807, 2.05) is 25.1 Å². The molecule has 1 amide bonds. The van der Waals surface area contributed by atoms with Crippen LogP contribution in [0.5, 0.6) is 0 Å². The van der Waals surface area contributed by atoms with Crippen LogP contribution in [0.25, 0.3) is 22.3 Å². The van der Waals surface area contributed by atoms with Crippen molar-refractivity contribution in [2.24, 2.45) is 5.92 Å². The summed E-state index contributed by atoms with van der Waals surface area (Å²) in [6, 6.07) is 7.54. The number of amides is 1. The van der Waals surface area contributed by atoms with Gasteiger partial charge in [-0.1, -0.05) is 42.5 Å². The van der Waals surface area contributed by atoms with Crippen molar-refractivity contribution >= 4 is 33.3 Å². The zero-order valence-corrected chi connectivity index (χ0v) is 18.2. The fraction of sp³-hybridized carbons (Fsp3) is 0.333. The maximum atomic E-state index is 12.4. The van der Waals surface area contributed by atoms with Crippen LogP contribution in [-0.4, -0.2) is 31.2 Å². The summed E-state index contributed by atoms with van der Waals surface area (Å²) >= 11 is 1.37. The Morgan fingerprint density at radius 1 is 1.26 bits per heavy atom. The number of H-pyrrole nitrogens is 1. The van der Waals surface area contributed by atoms with Crippen LogP contribution in [0.3, 0.4) is 0 Å². The molecule has 0 bridgehead atoms. The van der Waals surface area contributed by atoms with Crippen molar-refractivity contribution < 1.29 is 9.32 Å². The Balaban J connectivity index is 1.40. The number of benzene rings is 1. The van der Waals surface area contributed by atoms with Gasteiger partial charge in [0.25, 0.3) is 5.56 Å². The van der Waals surface area contributed by atoms with Crippen LogP contribution in [0, 0.1) is 12.8 Å². The lowest BCUT2D eigenvalue weighted by Crippen LogP contribution is -2.12. The second-order valence-electron chi connectivity index (χ2n) is 7.76. The first-order valence-corrected chi connectivity index (χ1v) is 10.8. The van der Waals surface area contributed by atoms with Gasteiger partial charge in [0.1, 0.15) is 5.01 Å². The third kappa shape index (κ3) is 5.02. The standard InChI is InChI=1S/C21H22N6O3S/c1-11(2)8-18-25-26-21(31-18)23-16(28)6-7-17-24-19(27-30-17)14-10-13-5-4-12(3)9-15(13)22-20(14)29/h4-5,9-11H,6-8H2,1-3H3,(H,22,29)(H,23,26,28). The Kier molecular flexibility index (Phi) is 5.90. The fourth-order valence-corrected chi connectivity index (χ4v) is 4.05. The van der Waals surface area contributed by atoms with Crippen LogP contribution < -0.4 is 10.9 Å². The van der Waals surface area contributed by atoms with Gasteiger partial charge in [-0.25, -0.2) is 0 Å². The van der Waals surface area contributed by atoms with Crippen molar-refractivity contribution in [3.63, 3.8) is 0 Å². The monoisotopic (exact) mass is 438 g/mol. The van der Waals surface area contributed by atoms with E-state index in [1.54, 1.807) is 6.07 Å². The summed E-state index contributed by atoms with van der Waals surface area (Å²) in [6.45, 7) is 6.17. The molecule has 0 aliphatic rings. The molecule has 0 radical (unpaired) electrons. The molecule has 4 aromatic rings. The molecule has 1 aromatic carbocycles. The summed E-state index contributed by atoms with van der Waals surface area (Å²) in [4.78, 5) is 31.8. The molecule has 160 valence electrons. The quantitative estimate of drug-likeness (QED) is 0.452. The van der Waals surface area contributed by atoms with E-state index in [9.17, 15) is 9.59 Å². The van der Waals surface area contributed by atoms with E-state index < -0.39 is 0 Å². The molecule has 0 atom stereocenters. The molecule has 9 nitrogen and oxygen atoms in total. The van der Waals surface area contributed by atoms with Gasteiger partial charge in [0, 0.05) is 24.8 Å². The number of carbonyl (C=O) groups excluding carboxylic acids is 1. The summed E-state index contributed by atoms with van der Waals surface area (Å²) in [5.41, 5.74) is 1.84. The van der Waals surface area contributed by atoms with Gasteiger partial charge in [0.2, 0.25) is 22.8 Å². The lowest BCUT2D eigenvalue weighted by Gasteiger charge is -2.01. The minimum absolute atomic E-state index is 0.147. The predicted octanol–water partition coefficient (Wildman–Crippen LogP) is 3.51. The summed E-state index contributed by atoms with van der Waals surface area (Å²) in [7, 11) is 0. The first-order chi connectivity index (χ1) is 14.9. The highest BCUT2D eigenvalue weighted by molar-refractivity contribution is 7.15. The summed E-state index contributed by atoms with van der Waals surface area (Å²) in [5, 5.41) is 17.0. The van der Waals surface area contributed by atoms with Crippen LogP contribution in [0.1, 0.15) is 36.7 Å². The second-order valence-corrected chi connectivity index (χ2v) is 8.82. The molecule has 0 aliphatic heterocycles. The van der Waals surface area contributed by atoms with E-state index in [4.69, 9.17) is 4.52 Å². The lowest BCUT2D eigenvalue weighted by atomic mass is 10.1. The second kappa shape index (κ2) is 8.76. The highest BCUT2D eigenvalue weighted by Crippen LogP contribution is 2.20. The van der Waals surface area contributed by atoms with E-state index in [0.29, 0.717) is 16.6 Å². The predicted molar refractivity (Wildman–Crippen MR) is 118 cm³/mol. The van der Waals surface area contributed by atoms with Gasteiger partial charge in [-0.2, -0.15) is 4.98 Å². The number of hydrogen-bond acceptors (Lipinski definition) is 8.